The van der Waals surface area contributed by atoms with E-state index < -0.39 is 0 Å². The van der Waals surface area contributed by atoms with Crippen LogP contribution in [0.15, 0.2) is 60.7 Å². The van der Waals surface area contributed by atoms with Crippen LogP contribution in [0.5, 0.6) is 5.75 Å². The summed E-state index contributed by atoms with van der Waals surface area (Å²) in [7, 11) is 1.72. The van der Waals surface area contributed by atoms with Gasteiger partial charge in [-0.1, -0.05) is 48.5 Å². The Morgan fingerprint density at radius 2 is 1.62 bits per heavy atom. The minimum absolute atomic E-state index is 0.329. The van der Waals surface area contributed by atoms with Gasteiger partial charge in [0.15, 0.2) is 0 Å². The van der Waals surface area contributed by atoms with E-state index >= 15 is 0 Å². The van der Waals surface area contributed by atoms with Crippen LogP contribution in [-0.4, -0.2) is 7.11 Å². The first-order valence-corrected chi connectivity index (χ1v) is 12.0. The van der Waals surface area contributed by atoms with Crippen LogP contribution in [0.1, 0.15) is 55.2 Å². The van der Waals surface area contributed by atoms with Crippen molar-refractivity contribution in [3.8, 4) is 11.8 Å². The van der Waals surface area contributed by atoms with Gasteiger partial charge in [0.2, 0.25) is 0 Å². The number of nitrogens with zero attached hydrogens (tertiary/aromatic N) is 1. The highest BCUT2D eigenvalue weighted by Gasteiger charge is 2.51. The second-order valence-electron chi connectivity index (χ2n) is 10.4. The van der Waals surface area contributed by atoms with Crippen LogP contribution in [0, 0.1) is 29.1 Å². The number of benzene rings is 3. The molecule has 0 aromatic heterocycles. The maximum absolute atomic E-state index is 10.1. The number of nitriles is 1. The van der Waals surface area contributed by atoms with Crippen molar-refractivity contribution in [1.29, 1.82) is 5.26 Å². The van der Waals surface area contributed by atoms with E-state index in [0.29, 0.717) is 11.0 Å². The van der Waals surface area contributed by atoms with Gasteiger partial charge in [0, 0.05) is 11.1 Å². The second kappa shape index (κ2) is 7.52. The van der Waals surface area contributed by atoms with E-state index in [1.165, 1.54) is 44.1 Å². The van der Waals surface area contributed by atoms with Gasteiger partial charge in [0.1, 0.15) is 5.75 Å². The van der Waals surface area contributed by atoms with Gasteiger partial charge in [-0.25, -0.2) is 0 Å². The van der Waals surface area contributed by atoms with E-state index in [2.05, 4.69) is 42.5 Å². The molecule has 32 heavy (non-hydrogen) atoms. The highest BCUT2D eigenvalue weighted by molar-refractivity contribution is 6.02. The topological polar surface area (TPSA) is 33.0 Å². The Labute approximate surface area is 190 Å². The number of rotatable bonds is 4. The maximum Gasteiger partial charge on any atom is 0.126 e. The van der Waals surface area contributed by atoms with Crippen molar-refractivity contribution >= 4 is 22.4 Å². The lowest BCUT2D eigenvalue weighted by atomic mass is 9.48. The first kappa shape index (κ1) is 19.6. The molecule has 4 aliphatic rings. The van der Waals surface area contributed by atoms with Gasteiger partial charge >= 0.3 is 0 Å². The Kier molecular flexibility index (Phi) is 4.61. The van der Waals surface area contributed by atoms with Crippen LogP contribution >= 0.6 is 0 Å². The number of hydrogen-bond donors (Lipinski definition) is 0. The summed E-state index contributed by atoms with van der Waals surface area (Å²) in [4.78, 5) is 0. The summed E-state index contributed by atoms with van der Waals surface area (Å²) in [6.45, 7) is 0. The molecule has 0 radical (unpaired) electrons. The zero-order valence-corrected chi connectivity index (χ0v) is 18.7. The van der Waals surface area contributed by atoms with Gasteiger partial charge in [-0.3, -0.25) is 0 Å². The molecule has 3 aromatic rings. The van der Waals surface area contributed by atoms with Gasteiger partial charge < -0.3 is 4.74 Å². The molecule has 4 fully saturated rings. The number of methoxy groups -OCH3 is 1. The molecular formula is C30H29NO. The van der Waals surface area contributed by atoms with E-state index in [0.717, 1.165) is 45.4 Å². The molecule has 7 rings (SSSR count). The third kappa shape index (κ3) is 3.15. The summed E-state index contributed by atoms with van der Waals surface area (Å²) in [6, 6.07) is 23.7. The Bertz CT molecular complexity index is 1220. The summed E-state index contributed by atoms with van der Waals surface area (Å²) in [6.07, 6.45) is 10.4. The molecule has 4 saturated carbocycles. The second-order valence-corrected chi connectivity index (χ2v) is 10.4. The summed E-state index contributed by atoms with van der Waals surface area (Å²) in [5.41, 5.74) is 4.47. The molecular weight excluding hydrogens is 390 g/mol. The molecule has 4 aliphatic carbocycles. The standard InChI is InChI=1S/C30H29NO/c1-32-29-10-9-26(30-16-20-11-21(17-30)13-22(12-20)18-30)15-24(29)14-25(19-31)28-8-4-6-23-5-2-3-7-27(23)28/h2-10,14-15,20-22H,11-13,16-18H2,1H3/b25-14-. The first-order valence-electron chi connectivity index (χ1n) is 12.0. The zero-order valence-electron chi connectivity index (χ0n) is 18.7. The van der Waals surface area contributed by atoms with E-state index in [4.69, 9.17) is 4.74 Å². The fraction of sp³-hybridized carbons (Fsp3) is 0.367. The Hall–Kier alpha value is -3.05. The molecule has 2 nitrogen and oxygen atoms in total. The molecule has 160 valence electrons. The molecule has 3 aromatic carbocycles. The molecule has 0 aliphatic heterocycles. The molecule has 0 unspecified atom stereocenters. The smallest absolute Gasteiger partial charge is 0.126 e. The van der Waals surface area contributed by atoms with Gasteiger partial charge in [0.05, 0.1) is 18.8 Å². The molecule has 0 N–H and O–H groups in total. The highest BCUT2D eigenvalue weighted by atomic mass is 16.5. The lowest BCUT2D eigenvalue weighted by Gasteiger charge is -2.57. The average Bonchev–Trinajstić information content (AvgIpc) is 2.81. The summed E-state index contributed by atoms with van der Waals surface area (Å²) >= 11 is 0. The molecule has 0 amide bonds. The molecule has 2 heteroatoms. The van der Waals surface area contributed by atoms with E-state index in [9.17, 15) is 5.26 Å². The predicted octanol–water partition coefficient (Wildman–Crippen LogP) is 7.38. The van der Waals surface area contributed by atoms with Crippen molar-refractivity contribution in [2.45, 2.75) is 43.9 Å². The lowest BCUT2D eigenvalue weighted by molar-refractivity contribution is -0.00521. The predicted molar refractivity (Wildman–Crippen MR) is 130 cm³/mol. The van der Waals surface area contributed by atoms with Gasteiger partial charge in [-0.2, -0.15) is 5.26 Å². The van der Waals surface area contributed by atoms with Gasteiger partial charge in [0.25, 0.3) is 0 Å². The number of ether oxygens (including phenoxy) is 1. The van der Waals surface area contributed by atoms with E-state index in [1.807, 2.05) is 30.3 Å². The third-order valence-corrected chi connectivity index (χ3v) is 8.38. The van der Waals surface area contributed by atoms with Crippen LogP contribution < -0.4 is 4.74 Å². The minimum atomic E-state index is 0.329. The van der Waals surface area contributed by atoms with Crippen LogP contribution in [-0.2, 0) is 5.41 Å². The van der Waals surface area contributed by atoms with Gasteiger partial charge in [-0.15, -0.1) is 0 Å². The van der Waals surface area contributed by atoms with E-state index in [1.54, 1.807) is 7.11 Å². The zero-order chi connectivity index (χ0) is 21.7. The van der Waals surface area contributed by atoms with Crippen molar-refractivity contribution in [3.63, 3.8) is 0 Å². The van der Waals surface area contributed by atoms with Crippen molar-refractivity contribution < 1.29 is 4.74 Å². The molecule has 0 atom stereocenters. The summed E-state index contributed by atoms with van der Waals surface area (Å²) in [5, 5.41) is 12.4. The van der Waals surface area contributed by atoms with Crippen molar-refractivity contribution in [2.75, 3.05) is 7.11 Å². The van der Waals surface area contributed by atoms with Gasteiger partial charge in [-0.05, 0) is 96.2 Å². The fourth-order valence-electron chi connectivity index (χ4n) is 7.43. The molecule has 4 bridgehead atoms. The molecule has 0 saturated heterocycles. The number of allylic oxidation sites excluding steroid dienone is 1. The first-order chi connectivity index (χ1) is 15.7. The maximum atomic E-state index is 10.1. The SMILES string of the molecule is COc1ccc(C23CC4CC(CC(C4)C2)C3)cc1/C=C(/C#N)c1cccc2ccccc12. The molecule has 0 spiro atoms. The Morgan fingerprint density at radius 3 is 2.31 bits per heavy atom. The minimum Gasteiger partial charge on any atom is -0.496 e. The third-order valence-electron chi connectivity index (χ3n) is 8.38. The van der Waals surface area contributed by atoms with Crippen LogP contribution in [0.2, 0.25) is 0 Å². The van der Waals surface area contributed by atoms with Crippen LogP contribution in [0.25, 0.3) is 22.4 Å². The fourth-order valence-corrected chi connectivity index (χ4v) is 7.43. The normalized spacial score (nSPS) is 28.6. The average molecular weight is 420 g/mol. The molecule has 0 heterocycles. The number of fused-ring (bicyclic) bond motifs is 1. The summed E-state index contributed by atoms with van der Waals surface area (Å²) in [5.74, 6) is 3.57. The van der Waals surface area contributed by atoms with Crippen molar-refractivity contribution in [2.24, 2.45) is 17.8 Å². The van der Waals surface area contributed by atoms with Crippen LogP contribution in [0.4, 0.5) is 0 Å². The van der Waals surface area contributed by atoms with E-state index in [-0.39, 0.29) is 0 Å². The highest BCUT2D eigenvalue weighted by Crippen LogP contribution is 2.61. The monoisotopic (exact) mass is 419 g/mol. The van der Waals surface area contributed by atoms with Crippen molar-refractivity contribution in [3.05, 3.63) is 77.4 Å². The Morgan fingerprint density at radius 1 is 0.938 bits per heavy atom. The number of hydrogen-bond acceptors (Lipinski definition) is 2. The van der Waals surface area contributed by atoms with Crippen molar-refractivity contribution in [1.82, 2.24) is 0 Å². The summed E-state index contributed by atoms with van der Waals surface area (Å²) < 4.78 is 5.73. The Balaban J connectivity index is 1.45. The largest absolute Gasteiger partial charge is 0.496 e. The lowest BCUT2D eigenvalue weighted by Crippen LogP contribution is -2.48. The van der Waals surface area contributed by atoms with Crippen LogP contribution in [0.3, 0.4) is 0 Å². The quantitative estimate of drug-likeness (QED) is 0.326.